The molecule has 26 heavy (non-hydrogen) atoms. The van der Waals surface area contributed by atoms with Crippen molar-refractivity contribution >= 4 is 44.0 Å². The summed E-state index contributed by atoms with van der Waals surface area (Å²) in [7, 11) is 1.09. The molecule has 2 heterocycles. The Balaban J connectivity index is 1.67. The van der Waals surface area contributed by atoms with E-state index in [1.54, 1.807) is 7.11 Å². The summed E-state index contributed by atoms with van der Waals surface area (Å²) in [6.07, 6.45) is 0.917. The average molecular weight is 386 g/mol. The fraction of sp³-hybridized carbons (Fsp3) is 0.200. The third-order valence-electron chi connectivity index (χ3n) is 4.57. The Morgan fingerprint density at radius 3 is 2.69 bits per heavy atom. The van der Waals surface area contributed by atoms with Crippen LogP contribution in [0, 0.1) is 0 Å². The lowest BCUT2D eigenvalue weighted by Gasteiger charge is -2.15. The third kappa shape index (κ3) is 3.13. The lowest BCUT2D eigenvalue weighted by Crippen LogP contribution is -2.05. The van der Waals surface area contributed by atoms with Crippen molar-refractivity contribution in [3.05, 3.63) is 64.3 Å². The van der Waals surface area contributed by atoms with E-state index in [9.17, 15) is 0 Å². The molecule has 0 saturated carbocycles. The van der Waals surface area contributed by atoms with E-state index in [0.717, 1.165) is 39.2 Å². The van der Waals surface area contributed by atoms with Gasteiger partial charge in [0.1, 0.15) is 10.8 Å². The molecule has 0 fully saturated rings. The minimum absolute atomic E-state index is 0.588. The first-order valence-electron chi connectivity index (χ1n) is 8.50. The van der Waals surface area contributed by atoms with E-state index in [1.807, 2.05) is 35.9 Å². The number of rotatable bonds is 5. The summed E-state index contributed by atoms with van der Waals surface area (Å²) in [5.41, 5.74) is 6.70. The summed E-state index contributed by atoms with van der Waals surface area (Å²) in [5, 5.41) is 11.7. The molecular weight excluding hydrogens is 366 g/mol. The van der Waals surface area contributed by atoms with Crippen LogP contribution < -0.4 is 4.74 Å². The maximum atomic E-state index is 6.20. The van der Waals surface area contributed by atoms with Crippen molar-refractivity contribution in [3.8, 4) is 5.75 Å². The van der Waals surface area contributed by atoms with Crippen LogP contribution in [-0.4, -0.2) is 22.7 Å². The van der Waals surface area contributed by atoms with Crippen molar-refractivity contribution < 1.29 is 4.74 Å². The Kier molecular flexibility index (Phi) is 4.74. The summed E-state index contributed by atoms with van der Waals surface area (Å²) < 4.78 is 5.24. The van der Waals surface area contributed by atoms with Gasteiger partial charge in [-0.1, -0.05) is 30.7 Å². The molecule has 0 bridgehead atoms. The molecule has 0 aliphatic carbocycles. The van der Waals surface area contributed by atoms with Gasteiger partial charge in [0.15, 0.2) is 0 Å². The molecule has 0 radical (unpaired) electrons. The van der Waals surface area contributed by atoms with Gasteiger partial charge in [0.05, 0.1) is 18.4 Å². The zero-order valence-corrected chi connectivity index (χ0v) is 16.3. The first kappa shape index (κ1) is 17.2. The number of aromatic amines is 1. The number of aryl methyl sites for hydroxylation is 1. The van der Waals surface area contributed by atoms with Gasteiger partial charge in [0, 0.05) is 21.7 Å². The van der Waals surface area contributed by atoms with Gasteiger partial charge in [-0.3, -0.25) is 0 Å². The Bertz CT molecular complexity index is 1010. The molecule has 3 aromatic rings. The normalized spacial score (nSPS) is 17.7. The molecule has 1 unspecified atom stereocenters. The van der Waals surface area contributed by atoms with Crippen LogP contribution in [0.1, 0.15) is 23.7 Å². The molecule has 1 aromatic heterocycles. The topological polar surface area (TPSA) is 49.7 Å². The smallest absolute Gasteiger partial charge is 0.128 e. The third-order valence-corrected chi connectivity index (χ3v) is 6.75. The molecule has 0 amide bonds. The molecule has 4 nitrogen and oxygen atoms in total. The molecular formula is C20H20ClN3OS. The van der Waals surface area contributed by atoms with Gasteiger partial charge in [-0.25, -0.2) is 0 Å². The van der Waals surface area contributed by atoms with E-state index in [2.05, 4.69) is 34.2 Å². The monoisotopic (exact) mass is 385 g/mol. The Labute approximate surface area is 160 Å². The predicted molar refractivity (Wildman–Crippen MR) is 113 cm³/mol. The number of halogens is 1. The fourth-order valence-corrected chi connectivity index (χ4v) is 5.21. The molecule has 1 aliphatic heterocycles. The summed E-state index contributed by atoms with van der Waals surface area (Å²) in [6, 6.07) is 14.2. The molecule has 4 rings (SSSR count). The highest BCUT2D eigenvalue weighted by molar-refractivity contribution is 8.40. The van der Waals surface area contributed by atoms with Crippen LogP contribution >= 0.6 is 22.5 Å². The van der Waals surface area contributed by atoms with Crippen LogP contribution in [0.4, 0.5) is 0 Å². The standard InChI is InChI=1S/C20H20ClN3OS/c1-3-16-17-10-14(21)6-9-18(17)23-19(16)20-24-22-12-26(20)11-13-4-7-15(25-2)8-5-13/h4-10,12,23,26H,3,11H2,1-2H3. The zero-order valence-electron chi connectivity index (χ0n) is 14.7. The summed E-state index contributed by atoms with van der Waals surface area (Å²) in [6.45, 7) is 2.16. The number of thiol groups is 1. The van der Waals surface area contributed by atoms with Crippen LogP contribution in [0.3, 0.4) is 0 Å². The largest absolute Gasteiger partial charge is 0.497 e. The van der Waals surface area contributed by atoms with Crippen LogP contribution in [0.2, 0.25) is 5.02 Å². The lowest BCUT2D eigenvalue weighted by atomic mass is 10.1. The predicted octanol–water partition coefficient (Wildman–Crippen LogP) is 5.30. The van der Waals surface area contributed by atoms with E-state index in [4.69, 9.17) is 16.3 Å². The van der Waals surface area contributed by atoms with Gasteiger partial charge < -0.3 is 9.72 Å². The molecule has 2 aromatic carbocycles. The number of benzene rings is 2. The maximum absolute atomic E-state index is 6.20. The highest BCUT2D eigenvalue weighted by atomic mass is 35.5. The van der Waals surface area contributed by atoms with Crippen molar-refractivity contribution in [1.82, 2.24) is 4.98 Å². The molecule has 1 atom stereocenters. The van der Waals surface area contributed by atoms with Crippen molar-refractivity contribution in [1.29, 1.82) is 0 Å². The number of methoxy groups -OCH3 is 1. The minimum atomic E-state index is -0.588. The molecule has 0 saturated heterocycles. The van der Waals surface area contributed by atoms with Gasteiger partial charge >= 0.3 is 0 Å². The lowest BCUT2D eigenvalue weighted by molar-refractivity contribution is 0.414. The van der Waals surface area contributed by atoms with E-state index in [-0.39, 0.29) is 0 Å². The number of aromatic nitrogens is 1. The number of hydrogen-bond acceptors (Lipinski definition) is 3. The van der Waals surface area contributed by atoms with Crippen molar-refractivity contribution in [3.63, 3.8) is 0 Å². The number of H-pyrrole nitrogens is 1. The Hall–Kier alpha value is -2.24. The summed E-state index contributed by atoms with van der Waals surface area (Å²) in [4.78, 5) is 3.55. The van der Waals surface area contributed by atoms with Gasteiger partial charge in [-0.15, -0.1) is 5.10 Å². The minimum Gasteiger partial charge on any atom is -0.497 e. The SMILES string of the molecule is CCc1c(C2=NN=C[SH]2Cc2ccc(OC)cc2)[nH]c2ccc(Cl)cc12. The van der Waals surface area contributed by atoms with Crippen LogP contribution in [0.25, 0.3) is 10.9 Å². The zero-order chi connectivity index (χ0) is 18.1. The first-order valence-corrected chi connectivity index (χ1v) is 10.5. The Morgan fingerprint density at radius 2 is 1.96 bits per heavy atom. The number of hydrogen-bond donors (Lipinski definition) is 2. The Morgan fingerprint density at radius 1 is 1.15 bits per heavy atom. The summed E-state index contributed by atoms with van der Waals surface area (Å²) >= 11 is 6.20. The number of nitrogens with one attached hydrogen (secondary N) is 1. The number of fused-ring (bicyclic) bond motifs is 1. The average Bonchev–Trinajstić information content (AvgIpc) is 3.25. The highest BCUT2D eigenvalue weighted by Gasteiger charge is 2.23. The summed E-state index contributed by atoms with van der Waals surface area (Å²) in [5.74, 6) is 1.79. The van der Waals surface area contributed by atoms with Gasteiger partial charge in [-0.05, 0) is 47.9 Å². The quantitative estimate of drug-likeness (QED) is 0.575. The second-order valence-electron chi connectivity index (χ2n) is 6.15. The van der Waals surface area contributed by atoms with Crippen molar-refractivity contribution in [2.24, 2.45) is 10.2 Å². The fourth-order valence-electron chi connectivity index (χ4n) is 3.27. The highest BCUT2D eigenvalue weighted by Crippen LogP contribution is 2.39. The van der Waals surface area contributed by atoms with Gasteiger partial charge in [-0.2, -0.15) is 16.0 Å². The van der Waals surface area contributed by atoms with Crippen molar-refractivity contribution in [2.75, 3.05) is 7.11 Å². The second kappa shape index (κ2) is 7.17. The first-order chi connectivity index (χ1) is 12.7. The second-order valence-corrected chi connectivity index (χ2v) is 8.50. The molecule has 0 spiro atoms. The van der Waals surface area contributed by atoms with Crippen LogP contribution in [-0.2, 0) is 12.2 Å². The van der Waals surface area contributed by atoms with Gasteiger partial charge in [0.2, 0.25) is 0 Å². The molecule has 6 heteroatoms. The van der Waals surface area contributed by atoms with E-state index < -0.39 is 10.9 Å². The van der Waals surface area contributed by atoms with Crippen LogP contribution in [0.15, 0.2) is 52.7 Å². The molecule has 1 aliphatic rings. The van der Waals surface area contributed by atoms with E-state index in [1.165, 1.54) is 16.5 Å². The maximum Gasteiger partial charge on any atom is 0.128 e. The van der Waals surface area contributed by atoms with Gasteiger partial charge in [0.25, 0.3) is 0 Å². The van der Waals surface area contributed by atoms with Crippen LogP contribution in [0.5, 0.6) is 5.75 Å². The number of ether oxygens (including phenoxy) is 1. The van der Waals surface area contributed by atoms with Crippen molar-refractivity contribution in [2.45, 2.75) is 19.1 Å². The van der Waals surface area contributed by atoms with E-state index >= 15 is 0 Å². The van der Waals surface area contributed by atoms with E-state index in [0.29, 0.717) is 0 Å². The molecule has 1 N–H and O–H groups in total. The molecule has 134 valence electrons. The number of nitrogens with zero attached hydrogens (tertiary/aromatic N) is 2.